The van der Waals surface area contributed by atoms with Crippen LogP contribution in [-0.4, -0.2) is 56.1 Å². The first-order valence-corrected chi connectivity index (χ1v) is 8.99. The molecule has 0 radical (unpaired) electrons. The van der Waals surface area contributed by atoms with E-state index in [1.54, 1.807) is 0 Å². The number of carboxylic acids is 1. The average molecular weight is 385 g/mol. The zero-order valence-electron chi connectivity index (χ0n) is 15.6. The summed E-state index contributed by atoms with van der Waals surface area (Å²) in [5.41, 5.74) is 6.32. The third-order valence-electron chi connectivity index (χ3n) is 4.87. The van der Waals surface area contributed by atoms with Crippen molar-refractivity contribution < 1.29 is 28.9 Å². The van der Waals surface area contributed by atoms with E-state index in [1.807, 2.05) is 48.5 Å². The highest BCUT2D eigenvalue weighted by molar-refractivity contribution is 6.06. The Morgan fingerprint density at radius 3 is 2.07 bits per heavy atom. The number of hydrogen-bond donors (Lipinski definition) is 2. The molecule has 0 saturated heterocycles. The molecule has 3 rings (SSSR count). The molecule has 0 aliphatic heterocycles. The SMILES string of the molecule is COC(=O)C(OCCOCCN)(C(=O)O)C1c2ccccc2-c2ccccc21. The monoisotopic (exact) mass is 385 g/mol. The van der Waals surface area contributed by atoms with Gasteiger partial charge in [-0.05, 0) is 22.3 Å². The van der Waals surface area contributed by atoms with Crippen LogP contribution in [0.3, 0.4) is 0 Å². The Labute approximate surface area is 163 Å². The van der Waals surface area contributed by atoms with Gasteiger partial charge < -0.3 is 25.1 Å². The molecule has 0 aromatic heterocycles. The highest BCUT2D eigenvalue weighted by Gasteiger charge is 2.59. The molecule has 0 spiro atoms. The summed E-state index contributed by atoms with van der Waals surface area (Å²) in [6.07, 6.45) is 0. The molecular formula is C21H23NO6. The van der Waals surface area contributed by atoms with Crippen molar-refractivity contribution in [2.75, 3.05) is 33.5 Å². The van der Waals surface area contributed by atoms with Crippen molar-refractivity contribution in [1.82, 2.24) is 0 Å². The van der Waals surface area contributed by atoms with Crippen molar-refractivity contribution in [3.05, 3.63) is 59.7 Å². The fraction of sp³-hybridized carbons (Fsp3) is 0.333. The predicted molar refractivity (Wildman–Crippen MR) is 102 cm³/mol. The van der Waals surface area contributed by atoms with Crippen LogP contribution < -0.4 is 5.73 Å². The zero-order valence-corrected chi connectivity index (χ0v) is 15.6. The Balaban J connectivity index is 2.09. The second-order valence-electron chi connectivity index (χ2n) is 6.39. The van der Waals surface area contributed by atoms with Crippen molar-refractivity contribution in [1.29, 1.82) is 0 Å². The minimum atomic E-state index is -2.23. The van der Waals surface area contributed by atoms with Gasteiger partial charge in [0.2, 0.25) is 0 Å². The van der Waals surface area contributed by atoms with Crippen LogP contribution in [0, 0.1) is 0 Å². The number of esters is 1. The quantitative estimate of drug-likeness (QED) is 0.385. The minimum absolute atomic E-state index is 0.0950. The van der Waals surface area contributed by atoms with Crippen LogP contribution in [0.25, 0.3) is 11.1 Å². The molecular weight excluding hydrogens is 362 g/mol. The minimum Gasteiger partial charge on any atom is -0.479 e. The number of carboxylic acid groups (broad SMARTS) is 1. The van der Waals surface area contributed by atoms with Crippen LogP contribution in [0.4, 0.5) is 0 Å². The molecule has 1 aliphatic carbocycles. The number of rotatable bonds is 9. The number of carbonyl (C=O) groups is 2. The van der Waals surface area contributed by atoms with Gasteiger partial charge in [-0.15, -0.1) is 0 Å². The van der Waals surface area contributed by atoms with E-state index >= 15 is 0 Å². The number of fused-ring (bicyclic) bond motifs is 3. The lowest BCUT2D eigenvalue weighted by Crippen LogP contribution is -2.55. The Morgan fingerprint density at radius 1 is 1.00 bits per heavy atom. The van der Waals surface area contributed by atoms with Gasteiger partial charge in [0.25, 0.3) is 5.60 Å². The molecule has 0 fully saturated rings. The lowest BCUT2D eigenvalue weighted by atomic mass is 9.79. The first-order valence-electron chi connectivity index (χ1n) is 8.99. The molecule has 1 aliphatic rings. The molecule has 28 heavy (non-hydrogen) atoms. The van der Waals surface area contributed by atoms with Gasteiger partial charge in [-0.1, -0.05) is 48.5 Å². The Kier molecular flexibility index (Phi) is 6.08. The lowest BCUT2D eigenvalue weighted by Gasteiger charge is -2.33. The van der Waals surface area contributed by atoms with Crippen molar-refractivity contribution in [2.24, 2.45) is 5.73 Å². The Bertz CT molecular complexity index is 822. The molecule has 2 aromatic rings. The van der Waals surface area contributed by atoms with Gasteiger partial charge in [0.05, 0.1) is 32.8 Å². The number of aliphatic carboxylic acids is 1. The second-order valence-corrected chi connectivity index (χ2v) is 6.39. The number of benzene rings is 2. The zero-order chi connectivity index (χ0) is 20.1. The van der Waals surface area contributed by atoms with Crippen LogP contribution in [0.5, 0.6) is 0 Å². The fourth-order valence-electron chi connectivity index (χ4n) is 3.72. The van der Waals surface area contributed by atoms with Gasteiger partial charge in [-0.25, -0.2) is 9.59 Å². The van der Waals surface area contributed by atoms with Crippen molar-refractivity contribution in [3.63, 3.8) is 0 Å². The molecule has 0 bridgehead atoms. The van der Waals surface area contributed by atoms with E-state index in [2.05, 4.69) is 0 Å². The summed E-state index contributed by atoms with van der Waals surface area (Å²) in [6, 6.07) is 14.8. The van der Waals surface area contributed by atoms with Crippen LogP contribution >= 0.6 is 0 Å². The maximum absolute atomic E-state index is 12.8. The van der Waals surface area contributed by atoms with E-state index in [-0.39, 0.29) is 13.2 Å². The molecule has 1 atom stereocenters. The van der Waals surface area contributed by atoms with Gasteiger partial charge in [-0.2, -0.15) is 0 Å². The summed E-state index contributed by atoms with van der Waals surface area (Å²) in [5, 5.41) is 10.2. The first-order chi connectivity index (χ1) is 13.6. The molecule has 148 valence electrons. The Hall–Kier alpha value is -2.74. The van der Waals surface area contributed by atoms with E-state index in [0.717, 1.165) is 18.2 Å². The molecule has 3 N–H and O–H groups in total. The molecule has 1 unspecified atom stereocenters. The molecule has 0 saturated carbocycles. The van der Waals surface area contributed by atoms with Gasteiger partial charge in [-0.3, -0.25) is 0 Å². The second kappa shape index (κ2) is 8.52. The predicted octanol–water partition coefficient (Wildman–Crippen LogP) is 1.79. The maximum Gasteiger partial charge on any atom is 0.351 e. The third kappa shape index (κ3) is 3.28. The molecule has 2 aromatic carbocycles. The number of ether oxygens (including phenoxy) is 3. The van der Waals surface area contributed by atoms with Gasteiger partial charge in [0, 0.05) is 6.54 Å². The molecule has 7 nitrogen and oxygen atoms in total. The summed E-state index contributed by atoms with van der Waals surface area (Å²) < 4.78 is 15.9. The summed E-state index contributed by atoms with van der Waals surface area (Å²) in [4.78, 5) is 25.3. The topological polar surface area (TPSA) is 108 Å². The largest absolute Gasteiger partial charge is 0.479 e. The molecule has 7 heteroatoms. The number of carbonyl (C=O) groups excluding carboxylic acids is 1. The van der Waals surface area contributed by atoms with E-state index in [0.29, 0.717) is 24.3 Å². The number of methoxy groups -OCH3 is 1. The molecule has 0 amide bonds. The van der Waals surface area contributed by atoms with Crippen molar-refractivity contribution in [2.45, 2.75) is 11.5 Å². The summed E-state index contributed by atoms with van der Waals surface area (Å²) in [5.74, 6) is -3.22. The normalized spacial score (nSPS) is 14.8. The maximum atomic E-state index is 12.8. The van der Waals surface area contributed by atoms with Crippen LogP contribution in [-0.2, 0) is 23.8 Å². The smallest absolute Gasteiger partial charge is 0.351 e. The van der Waals surface area contributed by atoms with E-state index < -0.39 is 23.5 Å². The van der Waals surface area contributed by atoms with Gasteiger partial charge >= 0.3 is 11.9 Å². The molecule has 0 heterocycles. The standard InChI is InChI=1S/C21H23NO6/c1-26-20(25)21(19(23)24,28-13-12-27-11-10-22)18-16-8-4-2-6-14(16)15-7-3-5-9-17(15)18/h2-9,18H,10-13,22H2,1H3,(H,23,24). The third-order valence-corrected chi connectivity index (χ3v) is 4.87. The van der Waals surface area contributed by atoms with Crippen molar-refractivity contribution >= 4 is 11.9 Å². The van der Waals surface area contributed by atoms with Crippen molar-refractivity contribution in [3.8, 4) is 11.1 Å². The van der Waals surface area contributed by atoms with Gasteiger partial charge in [0.1, 0.15) is 0 Å². The average Bonchev–Trinajstić information content (AvgIpc) is 3.05. The summed E-state index contributed by atoms with van der Waals surface area (Å²) in [6.45, 7) is 0.669. The first kappa shape index (κ1) is 20.0. The lowest BCUT2D eigenvalue weighted by molar-refractivity contribution is -0.189. The van der Waals surface area contributed by atoms with E-state index in [4.69, 9.17) is 19.9 Å². The highest BCUT2D eigenvalue weighted by atomic mass is 16.6. The fourth-order valence-corrected chi connectivity index (χ4v) is 3.72. The van der Waals surface area contributed by atoms with Crippen LogP contribution in [0.15, 0.2) is 48.5 Å². The van der Waals surface area contributed by atoms with E-state index in [1.165, 1.54) is 0 Å². The summed E-state index contributed by atoms with van der Waals surface area (Å²) >= 11 is 0. The van der Waals surface area contributed by atoms with E-state index in [9.17, 15) is 14.7 Å². The highest BCUT2D eigenvalue weighted by Crippen LogP contribution is 2.51. The van der Waals surface area contributed by atoms with Crippen LogP contribution in [0.2, 0.25) is 0 Å². The number of hydrogen-bond acceptors (Lipinski definition) is 6. The summed E-state index contributed by atoms with van der Waals surface area (Å²) in [7, 11) is 1.15. The Morgan fingerprint density at radius 2 is 1.57 bits per heavy atom. The number of nitrogens with two attached hydrogens (primary N) is 1. The van der Waals surface area contributed by atoms with Gasteiger partial charge in [0.15, 0.2) is 0 Å². The van der Waals surface area contributed by atoms with Crippen LogP contribution in [0.1, 0.15) is 17.0 Å².